The molecule has 0 aliphatic rings. The van der Waals surface area contributed by atoms with Crippen molar-refractivity contribution < 1.29 is 14.3 Å². The lowest BCUT2D eigenvalue weighted by molar-refractivity contribution is -0.145. The highest BCUT2D eigenvalue weighted by Crippen LogP contribution is 2.19. The van der Waals surface area contributed by atoms with Crippen molar-refractivity contribution in [3.8, 4) is 0 Å². The lowest BCUT2D eigenvalue weighted by atomic mass is 10.1. The van der Waals surface area contributed by atoms with Crippen LogP contribution in [-0.4, -0.2) is 22.8 Å². The number of carbonyl (C=O) groups excluding carboxylic acids is 2. The molecule has 4 heteroatoms. The molecule has 1 N–H and O–H groups in total. The van der Waals surface area contributed by atoms with Crippen molar-refractivity contribution in [2.24, 2.45) is 0 Å². The fourth-order valence-corrected chi connectivity index (χ4v) is 1.83. The second-order valence-electron chi connectivity index (χ2n) is 4.10. The third kappa shape index (κ3) is 2.27. The van der Waals surface area contributed by atoms with E-state index in [4.69, 9.17) is 4.74 Å². The van der Waals surface area contributed by atoms with Gasteiger partial charge in [0.15, 0.2) is 6.10 Å². The summed E-state index contributed by atoms with van der Waals surface area (Å²) in [5.74, 6) is -0.551. The number of hydrogen-bond acceptors (Lipinski definition) is 3. The zero-order valence-corrected chi connectivity index (χ0v) is 10.4. The van der Waals surface area contributed by atoms with E-state index in [1.165, 1.54) is 0 Å². The summed E-state index contributed by atoms with van der Waals surface area (Å²) < 4.78 is 5.03. The molecule has 0 bridgehead atoms. The number of rotatable bonds is 4. The summed E-state index contributed by atoms with van der Waals surface area (Å²) in [7, 11) is 0. The molecule has 0 saturated heterocycles. The van der Waals surface area contributed by atoms with Gasteiger partial charge in [-0.1, -0.05) is 25.1 Å². The molecule has 94 valence electrons. The lowest BCUT2D eigenvalue weighted by Gasteiger charge is -2.10. The Hall–Kier alpha value is -2.10. The molecule has 2 rings (SSSR count). The average Bonchev–Trinajstić information content (AvgIpc) is 2.81. The summed E-state index contributed by atoms with van der Waals surface area (Å²) in [6, 6.07) is 7.53. The number of H-pyrrole nitrogens is 1. The Bertz CT molecular complexity index is 585. The van der Waals surface area contributed by atoms with Crippen LogP contribution in [0.5, 0.6) is 0 Å². The zero-order valence-electron chi connectivity index (χ0n) is 10.4. The minimum atomic E-state index is -0.753. The van der Waals surface area contributed by atoms with Crippen molar-refractivity contribution in [1.82, 2.24) is 4.98 Å². The van der Waals surface area contributed by atoms with E-state index >= 15 is 0 Å². The largest absolute Gasteiger partial charge is 0.454 e. The highest BCUT2D eigenvalue weighted by atomic mass is 16.5. The lowest BCUT2D eigenvalue weighted by Crippen LogP contribution is -2.23. The predicted molar refractivity (Wildman–Crippen MR) is 68.5 cm³/mol. The van der Waals surface area contributed by atoms with Crippen molar-refractivity contribution in [3.63, 3.8) is 0 Å². The van der Waals surface area contributed by atoms with Crippen molar-refractivity contribution in [2.45, 2.75) is 26.4 Å². The van der Waals surface area contributed by atoms with Gasteiger partial charge in [0.05, 0.1) is 0 Å². The first-order valence-electron chi connectivity index (χ1n) is 5.93. The number of ketones is 1. The van der Waals surface area contributed by atoms with Crippen molar-refractivity contribution in [3.05, 3.63) is 36.0 Å². The Morgan fingerprint density at radius 1 is 1.33 bits per heavy atom. The fourth-order valence-electron chi connectivity index (χ4n) is 1.83. The molecule has 1 heterocycles. The summed E-state index contributed by atoms with van der Waals surface area (Å²) in [6.07, 6.45) is 1.17. The molecule has 0 unspecified atom stereocenters. The number of carbonyl (C=O) groups is 2. The van der Waals surface area contributed by atoms with Crippen LogP contribution in [0.1, 0.15) is 30.6 Å². The van der Waals surface area contributed by atoms with Crippen LogP contribution >= 0.6 is 0 Å². The maximum Gasteiger partial charge on any atom is 0.306 e. The van der Waals surface area contributed by atoms with E-state index in [0.29, 0.717) is 5.56 Å². The van der Waals surface area contributed by atoms with E-state index in [0.717, 1.165) is 10.9 Å². The van der Waals surface area contributed by atoms with Gasteiger partial charge >= 0.3 is 5.97 Å². The van der Waals surface area contributed by atoms with Gasteiger partial charge in [-0.15, -0.1) is 0 Å². The topological polar surface area (TPSA) is 59.2 Å². The summed E-state index contributed by atoms with van der Waals surface area (Å²) in [6.45, 7) is 3.29. The number of ether oxygens (including phenoxy) is 1. The van der Waals surface area contributed by atoms with Gasteiger partial charge in [-0.3, -0.25) is 9.59 Å². The Balaban J connectivity index is 2.25. The highest BCUT2D eigenvalue weighted by Gasteiger charge is 2.21. The summed E-state index contributed by atoms with van der Waals surface area (Å²) in [4.78, 5) is 26.4. The molecule has 1 atom stereocenters. The number of nitrogens with one attached hydrogen (secondary N) is 1. The number of esters is 1. The molecule has 0 aliphatic carbocycles. The van der Waals surface area contributed by atoms with Gasteiger partial charge in [-0.05, 0) is 13.0 Å². The van der Waals surface area contributed by atoms with E-state index in [2.05, 4.69) is 4.98 Å². The Labute approximate surface area is 105 Å². The molecular formula is C14H15NO3. The summed E-state index contributed by atoms with van der Waals surface area (Å²) >= 11 is 0. The van der Waals surface area contributed by atoms with E-state index in [1.807, 2.05) is 24.3 Å². The number of hydrogen-bond donors (Lipinski definition) is 1. The molecule has 1 aromatic carbocycles. The monoisotopic (exact) mass is 245 g/mol. The minimum Gasteiger partial charge on any atom is -0.454 e. The standard InChI is InChI=1S/C14H15NO3/c1-3-13(16)18-9(2)14(17)11-8-15-12-7-5-4-6-10(11)12/h4-9,15H,3H2,1-2H3/t9-/m1/s1. The van der Waals surface area contributed by atoms with E-state index < -0.39 is 6.10 Å². The molecule has 0 amide bonds. The first kappa shape index (κ1) is 12.4. The molecule has 2 aromatic rings. The van der Waals surface area contributed by atoms with Crippen LogP contribution in [0.4, 0.5) is 0 Å². The molecule has 0 radical (unpaired) electrons. The smallest absolute Gasteiger partial charge is 0.306 e. The molecule has 0 fully saturated rings. The van der Waals surface area contributed by atoms with Gasteiger partial charge in [-0.25, -0.2) is 0 Å². The van der Waals surface area contributed by atoms with Crippen LogP contribution in [0.3, 0.4) is 0 Å². The van der Waals surface area contributed by atoms with Crippen molar-refractivity contribution in [1.29, 1.82) is 0 Å². The van der Waals surface area contributed by atoms with Gasteiger partial charge in [0, 0.05) is 29.1 Å². The number of Topliss-reactive ketones (excluding diaryl/α,β-unsaturated/α-hetero) is 1. The number of aromatic amines is 1. The van der Waals surface area contributed by atoms with E-state index in [-0.39, 0.29) is 18.2 Å². The van der Waals surface area contributed by atoms with Crippen LogP contribution in [0.25, 0.3) is 10.9 Å². The van der Waals surface area contributed by atoms with Crippen molar-refractivity contribution >= 4 is 22.7 Å². The maximum absolute atomic E-state index is 12.2. The minimum absolute atomic E-state index is 0.186. The number of aromatic nitrogens is 1. The van der Waals surface area contributed by atoms with E-state index in [1.54, 1.807) is 20.0 Å². The van der Waals surface area contributed by atoms with Crippen LogP contribution in [0.15, 0.2) is 30.5 Å². The molecule has 1 aromatic heterocycles. The average molecular weight is 245 g/mol. The zero-order chi connectivity index (χ0) is 13.1. The molecule has 18 heavy (non-hydrogen) atoms. The fraction of sp³-hybridized carbons (Fsp3) is 0.286. The first-order chi connectivity index (χ1) is 8.63. The van der Waals surface area contributed by atoms with Crippen LogP contribution in [0, 0.1) is 0 Å². The summed E-state index contributed by atoms with van der Waals surface area (Å²) in [5, 5.41) is 0.849. The quantitative estimate of drug-likeness (QED) is 0.665. The van der Waals surface area contributed by atoms with Gasteiger partial charge in [0.2, 0.25) is 5.78 Å². The Morgan fingerprint density at radius 3 is 2.78 bits per heavy atom. The van der Waals surface area contributed by atoms with Gasteiger partial charge < -0.3 is 9.72 Å². The SMILES string of the molecule is CCC(=O)O[C@H](C)C(=O)c1c[nH]c2ccccc12. The molecule has 0 aliphatic heterocycles. The predicted octanol–water partition coefficient (Wildman–Crippen LogP) is 2.69. The van der Waals surface area contributed by atoms with Crippen molar-refractivity contribution in [2.75, 3.05) is 0 Å². The second kappa shape index (κ2) is 5.04. The molecule has 0 spiro atoms. The van der Waals surface area contributed by atoms with Crippen LogP contribution in [-0.2, 0) is 9.53 Å². The third-order valence-corrected chi connectivity index (χ3v) is 2.82. The Morgan fingerprint density at radius 2 is 2.06 bits per heavy atom. The Kier molecular flexibility index (Phi) is 3.46. The number of fused-ring (bicyclic) bond motifs is 1. The van der Waals surface area contributed by atoms with Gasteiger partial charge in [-0.2, -0.15) is 0 Å². The molecular weight excluding hydrogens is 230 g/mol. The number of para-hydroxylation sites is 1. The molecule has 0 saturated carbocycles. The number of benzene rings is 1. The van der Waals surface area contributed by atoms with Gasteiger partial charge in [0.1, 0.15) is 0 Å². The van der Waals surface area contributed by atoms with E-state index in [9.17, 15) is 9.59 Å². The normalized spacial score (nSPS) is 12.3. The molecule has 4 nitrogen and oxygen atoms in total. The summed E-state index contributed by atoms with van der Waals surface area (Å²) in [5.41, 5.74) is 1.46. The first-order valence-corrected chi connectivity index (χ1v) is 5.93. The highest BCUT2D eigenvalue weighted by molar-refractivity contribution is 6.10. The third-order valence-electron chi connectivity index (χ3n) is 2.82. The van der Waals surface area contributed by atoms with Crippen LogP contribution < -0.4 is 0 Å². The van der Waals surface area contributed by atoms with Crippen LogP contribution in [0.2, 0.25) is 0 Å². The van der Waals surface area contributed by atoms with Gasteiger partial charge in [0.25, 0.3) is 0 Å². The second-order valence-corrected chi connectivity index (χ2v) is 4.10. The maximum atomic E-state index is 12.2.